The lowest BCUT2D eigenvalue weighted by molar-refractivity contribution is 0.424. The molecule has 1 aromatic carbocycles. The Bertz CT molecular complexity index is 727. The smallest absolute Gasteiger partial charge is 0.258 e. The van der Waals surface area contributed by atoms with E-state index in [1.807, 2.05) is 12.1 Å². The molecule has 0 radical (unpaired) electrons. The van der Waals surface area contributed by atoms with Gasteiger partial charge in [0.05, 0.1) is 5.69 Å². The number of anilines is 1. The van der Waals surface area contributed by atoms with Crippen LogP contribution in [0.15, 0.2) is 47.2 Å². The Labute approximate surface area is 114 Å². The predicted molar refractivity (Wildman–Crippen MR) is 71.1 cm³/mol. The maximum absolute atomic E-state index is 13.1. The molecule has 0 fully saturated rings. The minimum absolute atomic E-state index is 0.0522. The molecule has 3 rings (SSSR count). The van der Waals surface area contributed by atoms with Gasteiger partial charge in [0.25, 0.3) is 5.89 Å². The van der Waals surface area contributed by atoms with E-state index < -0.39 is 5.82 Å². The number of aromatic nitrogens is 3. The topological polar surface area (TPSA) is 77.8 Å². The molecule has 20 heavy (non-hydrogen) atoms. The van der Waals surface area contributed by atoms with Crippen molar-refractivity contribution in [3.8, 4) is 11.5 Å². The summed E-state index contributed by atoms with van der Waals surface area (Å²) in [5, 5.41) is 3.90. The van der Waals surface area contributed by atoms with Crippen LogP contribution in [0.4, 0.5) is 10.1 Å². The molecule has 0 unspecified atom stereocenters. The van der Waals surface area contributed by atoms with Gasteiger partial charge in [0.15, 0.2) is 5.82 Å². The summed E-state index contributed by atoms with van der Waals surface area (Å²) in [4.78, 5) is 8.21. The quantitative estimate of drug-likeness (QED) is 0.739. The van der Waals surface area contributed by atoms with Crippen LogP contribution in [0.25, 0.3) is 11.5 Å². The first kappa shape index (κ1) is 12.3. The standard InChI is InChI=1S/C14H11FN4O/c15-11-2-1-10(8-12(11)16)14-18-13(19-20-14)7-9-3-5-17-6-4-9/h1-6,8H,7,16H2. The van der Waals surface area contributed by atoms with Crippen LogP contribution in [-0.2, 0) is 6.42 Å². The summed E-state index contributed by atoms with van der Waals surface area (Å²) in [5.41, 5.74) is 7.20. The third-order valence-electron chi connectivity index (χ3n) is 2.82. The highest BCUT2D eigenvalue weighted by atomic mass is 19.1. The molecular weight excluding hydrogens is 259 g/mol. The molecule has 6 heteroatoms. The third-order valence-corrected chi connectivity index (χ3v) is 2.82. The largest absolute Gasteiger partial charge is 0.396 e. The van der Waals surface area contributed by atoms with Gasteiger partial charge in [-0.1, -0.05) is 5.16 Å². The fourth-order valence-corrected chi connectivity index (χ4v) is 1.80. The monoisotopic (exact) mass is 270 g/mol. The van der Waals surface area contributed by atoms with Crippen molar-refractivity contribution in [1.82, 2.24) is 15.1 Å². The fraction of sp³-hybridized carbons (Fsp3) is 0.0714. The van der Waals surface area contributed by atoms with Crippen LogP contribution in [0, 0.1) is 5.82 Å². The van der Waals surface area contributed by atoms with Gasteiger partial charge < -0.3 is 10.3 Å². The van der Waals surface area contributed by atoms with Crippen molar-refractivity contribution in [3.63, 3.8) is 0 Å². The summed E-state index contributed by atoms with van der Waals surface area (Å²) in [6, 6.07) is 8.06. The minimum atomic E-state index is -0.467. The van der Waals surface area contributed by atoms with Crippen LogP contribution in [0.2, 0.25) is 0 Å². The van der Waals surface area contributed by atoms with Crippen LogP contribution in [0.5, 0.6) is 0 Å². The van der Waals surface area contributed by atoms with Crippen LogP contribution < -0.4 is 5.73 Å². The zero-order valence-electron chi connectivity index (χ0n) is 10.5. The Balaban J connectivity index is 1.84. The van der Waals surface area contributed by atoms with E-state index in [2.05, 4.69) is 15.1 Å². The maximum atomic E-state index is 13.1. The molecule has 0 amide bonds. The van der Waals surface area contributed by atoms with E-state index in [9.17, 15) is 4.39 Å². The van der Waals surface area contributed by atoms with Gasteiger partial charge in [0, 0.05) is 24.4 Å². The van der Waals surface area contributed by atoms with Gasteiger partial charge in [-0.05, 0) is 35.9 Å². The molecular formula is C14H11FN4O. The summed E-state index contributed by atoms with van der Waals surface area (Å²) in [6.45, 7) is 0. The van der Waals surface area contributed by atoms with Gasteiger partial charge in [-0.25, -0.2) is 4.39 Å². The van der Waals surface area contributed by atoms with E-state index in [-0.39, 0.29) is 5.69 Å². The Morgan fingerprint density at radius 1 is 1.15 bits per heavy atom. The molecule has 3 aromatic rings. The molecule has 0 aliphatic rings. The number of pyridine rings is 1. The van der Waals surface area contributed by atoms with E-state index in [1.54, 1.807) is 18.5 Å². The summed E-state index contributed by atoms with van der Waals surface area (Å²) in [5.74, 6) is 0.403. The Kier molecular flexibility index (Phi) is 3.12. The number of nitrogen functional groups attached to an aromatic ring is 1. The van der Waals surface area contributed by atoms with E-state index in [4.69, 9.17) is 10.3 Å². The van der Waals surface area contributed by atoms with Crippen molar-refractivity contribution >= 4 is 5.69 Å². The lowest BCUT2D eigenvalue weighted by atomic mass is 10.2. The minimum Gasteiger partial charge on any atom is -0.396 e. The molecule has 0 saturated heterocycles. The fourth-order valence-electron chi connectivity index (χ4n) is 1.80. The second kappa shape index (κ2) is 5.08. The SMILES string of the molecule is Nc1cc(-c2nc(Cc3ccncc3)no2)ccc1F. The number of hydrogen-bond acceptors (Lipinski definition) is 5. The van der Waals surface area contributed by atoms with Crippen molar-refractivity contribution in [2.24, 2.45) is 0 Å². The first-order chi connectivity index (χ1) is 9.72. The summed E-state index contributed by atoms with van der Waals surface area (Å²) in [6.07, 6.45) is 3.96. The average Bonchev–Trinajstić information content (AvgIpc) is 2.91. The molecule has 0 bridgehead atoms. The molecule has 0 atom stereocenters. The van der Waals surface area contributed by atoms with Gasteiger partial charge in [0.1, 0.15) is 5.82 Å². The van der Waals surface area contributed by atoms with Gasteiger partial charge in [0.2, 0.25) is 0 Å². The predicted octanol–water partition coefficient (Wildman–Crippen LogP) is 2.44. The first-order valence-corrected chi connectivity index (χ1v) is 5.99. The van der Waals surface area contributed by atoms with Gasteiger partial charge in [-0.2, -0.15) is 4.98 Å². The lowest BCUT2D eigenvalue weighted by Crippen LogP contribution is -1.92. The van der Waals surface area contributed by atoms with Crippen molar-refractivity contribution in [3.05, 3.63) is 59.9 Å². The van der Waals surface area contributed by atoms with E-state index >= 15 is 0 Å². The second-order valence-corrected chi connectivity index (χ2v) is 4.28. The number of benzene rings is 1. The molecule has 2 aromatic heterocycles. The number of hydrogen-bond donors (Lipinski definition) is 1. The van der Waals surface area contributed by atoms with Crippen LogP contribution in [0.3, 0.4) is 0 Å². The first-order valence-electron chi connectivity index (χ1n) is 5.99. The van der Waals surface area contributed by atoms with E-state index in [1.165, 1.54) is 12.1 Å². The highest BCUT2D eigenvalue weighted by Gasteiger charge is 2.11. The van der Waals surface area contributed by atoms with Gasteiger partial charge in [-0.15, -0.1) is 0 Å². The summed E-state index contributed by atoms with van der Waals surface area (Å²) in [7, 11) is 0. The van der Waals surface area contributed by atoms with Crippen LogP contribution in [0.1, 0.15) is 11.4 Å². The summed E-state index contributed by atoms with van der Waals surface area (Å²) >= 11 is 0. The zero-order valence-corrected chi connectivity index (χ0v) is 10.5. The van der Waals surface area contributed by atoms with Crippen molar-refractivity contribution in [1.29, 1.82) is 0 Å². The second-order valence-electron chi connectivity index (χ2n) is 4.28. The lowest BCUT2D eigenvalue weighted by Gasteiger charge is -1.98. The Hall–Kier alpha value is -2.76. The van der Waals surface area contributed by atoms with E-state index in [0.29, 0.717) is 23.7 Å². The molecule has 100 valence electrons. The highest BCUT2D eigenvalue weighted by molar-refractivity contribution is 5.60. The van der Waals surface area contributed by atoms with Crippen molar-refractivity contribution < 1.29 is 8.91 Å². The maximum Gasteiger partial charge on any atom is 0.258 e. The molecule has 2 N–H and O–H groups in total. The molecule has 5 nitrogen and oxygen atoms in total. The van der Waals surface area contributed by atoms with E-state index in [0.717, 1.165) is 5.56 Å². The Morgan fingerprint density at radius 3 is 2.70 bits per heavy atom. The van der Waals surface area contributed by atoms with Crippen LogP contribution >= 0.6 is 0 Å². The zero-order chi connectivity index (χ0) is 13.9. The van der Waals surface area contributed by atoms with Crippen molar-refractivity contribution in [2.45, 2.75) is 6.42 Å². The number of rotatable bonds is 3. The number of halogens is 1. The summed E-state index contributed by atoms with van der Waals surface area (Å²) < 4.78 is 18.3. The van der Waals surface area contributed by atoms with Crippen molar-refractivity contribution in [2.75, 3.05) is 5.73 Å². The molecule has 0 aliphatic carbocycles. The number of nitrogens with zero attached hydrogens (tertiary/aromatic N) is 3. The molecule has 0 saturated carbocycles. The van der Waals surface area contributed by atoms with Gasteiger partial charge >= 0.3 is 0 Å². The third kappa shape index (κ3) is 2.49. The average molecular weight is 270 g/mol. The van der Waals surface area contributed by atoms with Gasteiger partial charge in [-0.3, -0.25) is 4.98 Å². The normalized spacial score (nSPS) is 10.7. The number of nitrogens with two attached hydrogens (primary N) is 1. The molecule has 2 heterocycles. The molecule has 0 aliphatic heterocycles. The Morgan fingerprint density at radius 2 is 1.95 bits per heavy atom. The van der Waals surface area contributed by atoms with Crippen LogP contribution in [-0.4, -0.2) is 15.1 Å². The highest BCUT2D eigenvalue weighted by Crippen LogP contribution is 2.22. The molecule has 0 spiro atoms.